The van der Waals surface area contributed by atoms with Crippen molar-refractivity contribution in [1.29, 1.82) is 0 Å². The number of hydrogen-bond acceptors (Lipinski definition) is 2. The number of likely N-dealkylation sites (tertiary alicyclic amines) is 1. The summed E-state index contributed by atoms with van der Waals surface area (Å²) < 4.78 is 3.72. The molecular formula is C18H22N4O. The number of amides is 1. The molecule has 5 nitrogen and oxygen atoms in total. The smallest absolute Gasteiger partial charge is 0.263 e. The zero-order valence-electron chi connectivity index (χ0n) is 13.5. The topological polar surface area (TPSA) is 43.1 Å². The molecule has 1 amide bonds. The second-order valence-corrected chi connectivity index (χ2v) is 6.45. The van der Waals surface area contributed by atoms with Crippen LogP contribution in [0, 0.1) is 5.92 Å². The molecule has 1 unspecified atom stereocenters. The monoisotopic (exact) mass is 310 g/mol. The Kier molecular flexibility index (Phi) is 3.56. The Morgan fingerprint density at radius 3 is 2.83 bits per heavy atom. The van der Waals surface area contributed by atoms with Crippen LogP contribution in [-0.2, 0) is 7.05 Å². The summed E-state index contributed by atoms with van der Waals surface area (Å²) in [6.07, 6.45) is 13.7. The Bertz CT molecular complexity index is 741. The van der Waals surface area contributed by atoms with Gasteiger partial charge in [-0.15, -0.1) is 0 Å². The molecule has 5 heteroatoms. The maximum absolute atomic E-state index is 13.2. The number of allylic oxidation sites excluding steroid dienone is 2. The Morgan fingerprint density at radius 1 is 1.22 bits per heavy atom. The van der Waals surface area contributed by atoms with Crippen LogP contribution in [0.25, 0.3) is 5.82 Å². The zero-order valence-corrected chi connectivity index (χ0v) is 13.5. The summed E-state index contributed by atoms with van der Waals surface area (Å²) >= 11 is 0. The first kappa shape index (κ1) is 14.3. The highest BCUT2D eigenvalue weighted by molar-refractivity contribution is 5.98. The molecule has 0 N–H and O–H groups in total. The minimum Gasteiger partial charge on any atom is -0.312 e. The van der Waals surface area contributed by atoms with Crippen LogP contribution in [0.5, 0.6) is 0 Å². The van der Waals surface area contributed by atoms with Crippen molar-refractivity contribution in [2.45, 2.75) is 32.1 Å². The van der Waals surface area contributed by atoms with E-state index in [0.29, 0.717) is 11.5 Å². The van der Waals surface area contributed by atoms with Crippen LogP contribution in [0.3, 0.4) is 0 Å². The molecular weight excluding hydrogens is 288 g/mol. The maximum Gasteiger partial charge on any atom is 0.263 e. The van der Waals surface area contributed by atoms with Gasteiger partial charge in [0.2, 0.25) is 0 Å². The SMILES string of the molecule is Cn1ncc(C(=O)N2CCCC3CCCC=C32)c1-n1cccc1. The average molecular weight is 310 g/mol. The predicted octanol–water partition coefficient (Wildman–Crippen LogP) is 3.13. The number of carbonyl (C=O) groups is 1. The van der Waals surface area contributed by atoms with Gasteiger partial charge in [0.15, 0.2) is 0 Å². The fraction of sp³-hybridized carbons (Fsp3) is 0.444. The van der Waals surface area contributed by atoms with E-state index in [1.165, 1.54) is 25.0 Å². The molecule has 2 aromatic rings. The van der Waals surface area contributed by atoms with Gasteiger partial charge in [0, 0.05) is 31.7 Å². The summed E-state index contributed by atoms with van der Waals surface area (Å²) in [4.78, 5) is 15.2. The lowest BCUT2D eigenvalue weighted by molar-refractivity contribution is 0.0749. The normalized spacial score (nSPS) is 21.0. The number of rotatable bonds is 2. The van der Waals surface area contributed by atoms with E-state index in [2.05, 4.69) is 11.2 Å². The molecule has 0 bridgehead atoms. The Hall–Kier alpha value is -2.30. The summed E-state index contributed by atoms with van der Waals surface area (Å²) in [5.41, 5.74) is 1.92. The molecule has 4 rings (SSSR count). The highest BCUT2D eigenvalue weighted by Crippen LogP contribution is 2.36. The lowest BCUT2D eigenvalue weighted by Crippen LogP contribution is -2.39. The summed E-state index contributed by atoms with van der Waals surface area (Å²) in [6, 6.07) is 3.92. The molecule has 2 aliphatic rings. The lowest BCUT2D eigenvalue weighted by atomic mass is 9.84. The second kappa shape index (κ2) is 5.72. The Morgan fingerprint density at radius 2 is 2.00 bits per heavy atom. The number of aryl methyl sites for hydroxylation is 1. The first-order valence-corrected chi connectivity index (χ1v) is 8.43. The minimum atomic E-state index is 0.0830. The highest BCUT2D eigenvalue weighted by atomic mass is 16.2. The van der Waals surface area contributed by atoms with Crippen LogP contribution in [0.4, 0.5) is 0 Å². The standard InChI is InChI=1S/C18H22N4O/c1-20-17(21-10-4-5-11-21)15(13-19-20)18(23)22-12-6-8-14-7-2-3-9-16(14)22/h4-5,9-11,13-14H,2-3,6-8,12H2,1H3. The molecule has 0 saturated carbocycles. The zero-order chi connectivity index (χ0) is 15.8. The Labute approximate surface area is 136 Å². The fourth-order valence-electron chi connectivity index (χ4n) is 3.90. The number of nitrogens with zero attached hydrogens (tertiary/aromatic N) is 4. The van der Waals surface area contributed by atoms with Crippen molar-refractivity contribution in [3.05, 3.63) is 48.1 Å². The number of carbonyl (C=O) groups excluding carboxylic acids is 1. The van der Waals surface area contributed by atoms with Crippen molar-refractivity contribution in [2.24, 2.45) is 13.0 Å². The van der Waals surface area contributed by atoms with Crippen LogP contribution in [0.15, 0.2) is 42.5 Å². The quantitative estimate of drug-likeness (QED) is 0.855. The number of aromatic nitrogens is 3. The van der Waals surface area contributed by atoms with E-state index in [0.717, 1.165) is 25.2 Å². The molecule has 0 spiro atoms. The van der Waals surface area contributed by atoms with Crippen LogP contribution in [0.2, 0.25) is 0 Å². The molecule has 2 aromatic heterocycles. The van der Waals surface area contributed by atoms with Crippen molar-refractivity contribution >= 4 is 5.91 Å². The van der Waals surface area contributed by atoms with Gasteiger partial charge in [0.05, 0.1) is 6.20 Å². The van der Waals surface area contributed by atoms with Gasteiger partial charge in [-0.3, -0.25) is 9.48 Å². The molecule has 0 radical (unpaired) electrons. The maximum atomic E-state index is 13.2. The van der Waals surface area contributed by atoms with E-state index in [4.69, 9.17) is 0 Å². The molecule has 1 atom stereocenters. The molecule has 1 fully saturated rings. The van der Waals surface area contributed by atoms with Crippen LogP contribution >= 0.6 is 0 Å². The van der Waals surface area contributed by atoms with E-state index in [-0.39, 0.29) is 5.91 Å². The van der Waals surface area contributed by atoms with Crippen LogP contribution in [-0.4, -0.2) is 31.7 Å². The number of fused-ring (bicyclic) bond motifs is 1. The highest BCUT2D eigenvalue weighted by Gasteiger charge is 2.32. The van der Waals surface area contributed by atoms with Gasteiger partial charge >= 0.3 is 0 Å². The van der Waals surface area contributed by atoms with E-state index < -0.39 is 0 Å². The molecule has 1 saturated heterocycles. The third-order valence-corrected chi connectivity index (χ3v) is 5.01. The van der Waals surface area contributed by atoms with Crippen molar-refractivity contribution in [2.75, 3.05) is 6.54 Å². The van der Waals surface area contributed by atoms with Gasteiger partial charge in [0.25, 0.3) is 5.91 Å². The van der Waals surface area contributed by atoms with Crippen molar-refractivity contribution in [3.8, 4) is 5.82 Å². The van der Waals surface area contributed by atoms with E-state index in [9.17, 15) is 4.79 Å². The van der Waals surface area contributed by atoms with Gasteiger partial charge in [-0.1, -0.05) is 6.08 Å². The third-order valence-electron chi connectivity index (χ3n) is 5.01. The van der Waals surface area contributed by atoms with Crippen LogP contribution in [0.1, 0.15) is 42.5 Å². The van der Waals surface area contributed by atoms with Crippen molar-refractivity contribution < 1.29 is 4.79 Å². The van der Waals surface area contributed by atoms with Gasteiger partial charge in [0.1, 0.15) is 11.4 Å². The van der Waals surface area contributed by atoms with Gasteiger partial charge < -0.3 is 9.47 Å². The number of piperidine rings is 1. The van der Waals surface area contributed by atoms with Gasteiger partial charge in [-0.2, -0.15) is 5.10 Å². The van der Waals surface area contributed by atoms with Crippen molar-refractivity contribution in [3.63, 3.8) is 0 Å². The van der Waals surface area contributed by atoms with E-state index >= 15 is 0 Å². The largest absolute Gasteiger partial charge is 0.312 e. The summed E-state index contributed by atoms with van der Waals surface area (Å²) in [7, 11) is 1.88. The third kappa shape index (κ3) is 2.40. The minimum absolute atomic E-state index is 0.0830. The summed E-state index contributed by atoms with van der Waals surface area (Å²) in [6.45, 7) is 0.821. The molecule has 1 aliphatic heterocycles. The molecule has 120 valence electrons. The van der Waals surface area contributed by atoms with E-state index in [1.807, 2.05) is 41.0 Å². The van der Waals surface area contributed by atoms with Gasteiger partial charge in [-0.25, -0.2) is 0 Å². The average Bonchev–Trinajstić information content (AvgIpc) is 3.23. The summed E-state index contributed by atoms with van der Waals surface area (Å²) in [5.74, 6) is 1.48. The fourth-order valence-corrected chi connectivity index (χ4v) is 3.90. The van der Waals surface area contributed by atoms with Crippen LogP contribution < -0.4 is 0 Å². The molecule has 1 aliphatic carbocycles. The summed E-state index contributed by atoms with van der Waals surface area (Å²) in [5, 5.41) is 4.32. The molecule has 23 heavy (non-hydrogen) atoms. The van der Waals surface area contributed by atoms with Crippen molar-refractivity contribution in [1.82, 2.24) is 19.2 Å². The predicted molar refractivity (Wildman–Crippen MR) is 88.2 cm³/mol. The second-order valence-electron chi connectivity index (χ2n) is 6.45. The molecule has 3 heterocycles. The van der Waals surface area contributed by atoms with Gasteiger partial charge in [-0.05, 0) is 50.2 Å². The first-order chi connectivity index (χ1) is 11.3. The lowest BCUT2D eigenvalue weighted by Gasteiger charge is -2.38. The molecule has 0 aromatic carbocycles. The van der Waals surface area contributed by atoms with E-state index in [1.54, 1.807) is 10.9 Å². The Balaban J connectivity index is 1.71. The first-order valence-electron chi connectivity index (χ1n) is 8.43. The number of hydrogen-bond donors (Lipinski definition) is 0.